The number of nitrogens with one attached hydrogen (secondary N) is 1. The van der Waals surface area contributed by atoms with Gasteiger partial charge in [0.15, 0.2) is 0 Å². The Hall–Kier alpha value is -2.33. The molecule has 0 spiro atoms. The molecule has 4 nitrogen and oxygen atoms in total. The minimum Gasteiger partial charge on any atom is -0.495 e. The predicted molar refractivity (Wildman–Crippen MR) is 80.1 cm³/mol. The molecule has 1 amide bonds. The molecule has 0 aliphatic carbocycles. The lowest BCUT2D eigenvalue weighted by Gasteiger charge is -2.10. The van der Waals surface area contributed by atoms with E-state index in [2.05, 4.69) is 5.32 Å². The van der Waals surface area contributed by atoms with Crippen molar-refractivity contribution >= 4 is 11.6 Å². The van der Waals surface area contributed by atoms with Crippen molar-refractivity contribution in [3.05, 3.63) is 59.7 Å². The van der Waals surface area contributed by atoms with E-state index in [4.69, 9.17) is 10.5 Å². The first-order chi connectivity index (χ1) is 9.74. The van der Waals surface area contributed by atoms with E-state index in [1.54, 1.807) is 31.4 Å². The van der Waals surface area contributed by atoms with Crippen molar-refractivity contribution in [1.82, 2.24) is 0 Å². The number of carbonyl (C=O) groups excluding carboxylic acids is 1. The molecule has 0 atom stereocenters. The first-order valence-corrected chi connectivity index (χ1v) is 6.48. The van der Waals surface area contributed by atoms with Crippen LogP contribution < -0.4 is 15.8 Å². The third kappa shape index (κ3) is 3.36. The number of anilines is 1. The lowest BCUT2D eigenvalue weighted by atomic mass is 10.1. The molecule has 2 aromatic carbocycles. The highest BCUT2D eigenvalue weighted by atomic mass is 16.5. The molecule has 0 aromatic heterocycles. The summed E-state index contributed by atoms with van der Waals surface area (Å²) in [6, 6.07) is 14.8. The van der Waals surface area contributed by atoms with Crippen LogP contribution in [0.3, 0.4) is 0 Å². The van der Waals surface area contributed by atoms with Crippen molar-refractivity contribution in [2.24, 2.45) is 5.73 Å². The van der Waals surface area contributed by atoms with Gasteiger partial charge in [-0.3, -0.25) is 4.79 Å². The Bertz CT molecular complexity index is 579. The highest BCUT2D eigenvalue weighted by molar-refractivity contribution is 6.05. The zero-order valence-corrected chi connectivity index (χ0v) is 11.4. The van der Waals surface area contributed by atoms with Crippen LogP contribution >= 0.6 is 0 Å². The average Bonchev–Trinajstić information content (AvgIpc) is 2.49. The maximum absolute atomic E-state index is 12.2. The monoisotopic (exact) mass is 270 g/mol. The lowest BCUT2D eigenvalue weighted by Crippen LogP contribution is -2.12. The van der Waals surface area contributed by atoms with Crippen LogP contribution in [-0.2, 0) is 6.42 Å². The standard InChI is InChI=1S/C16H18N2O2/c1-20-15-5-3-2-4-14(15)18-16(19)13-8-6-12(7-9-13)10-11-17/h2-9H,10-11,17H2,1H3,(H,18,19). The number of hydrogen-bond donors (Lipinski definition) is 2. The zero-order valence-electron chi connectivity index (χ0n) is 11.4. The molecule has 0 aliphatic rings. The lowest BCUT2D eigenvalue weighted by molar-refractivity contribution is 0.102. The van der Waals surface area contributed by atoms with Gasteiger partial charge in [-0.25, -0.2) is 0 Å². The fraction of sp³-hybridized carbons (Fsp3) is 0.188. The van der Waals surface area contributed by atoms with Gasteiger partial charge in [0.1, 0.15) is 5.75 Å². The molecular weight excluding hydrogens is 252 g/mol. The van der Waals surface area contributed by atoms with E-state index in [0.29, 0.717) is 23.5 Å². The van der Waals surface area contributed by atoms with E-state index < -0.39 is 0 Å². The maximum Gasteiger partial charge on any atom is 0.255 e. The van der Waals surface area contributed by atoms with Crippen LogP contribution in [0, 0.1) is 0 Å². The Morgan fingerprint density at radius 2 is 1.85 bits per heavy atom. The van der Waals surface area contributed by atoms with Gasteiger partial charge in [-0.05, 0) is 42.8 Å². The predicted octanol–water partition coefficient (Wildman–Crippen LogP) is 2.45. The SMILES string of the molecule is COc1ccccc1NC(=O)c1ccc(CCN)cc1. The number of amides is 1. The summed E-state index contributed by atoms with van der Waals surface area (Å²) < 4.78 is 5.20. The molecule has 0 saturated heterocycles. The van der Waals surface area contributed by atoms with Crippen molar-refractivity contribution in [2.75, 3.05) is 19.0 Å². The summed E-state index contributed by atoms with van der Waals surface area (Å²) in [4.78, 5) is 12.2. The van der Waals surface area contributed by atoms with E-state index in [1.165, 1.54) is 0 Å². The molecule has 0 fully saturated rings. The number of benzene rings is 2. The summed E-state index contributed by atoms with van der Waals surface area (Å²) in [5.41, 5.74) is 7.89. The van der Waals surface area contributed by atoms with Gasteiger partial charge in [0.2, 0.25) is 0 Å². The smallest absolute Gasteiger partial charge is 0.255 e. The molecule has 0 aliphatic heterocycles. The second-order valence-corrected chi connectivity index (χ2v) is 4.39. The van der Waals surface area contributed by atoms with E-state index >= 15 is 0 Å². The first-order valence-electron chi connectivity index (χ1n) is 6.48. The number of nitrogens with two attached hydrogens (primary N) is 1. The van der Waals surface area contributed by atoms with Crippen LogP contribution in [0.25, 0.3) is 0 Å². The topological polar surface area (TPSA) is 64.3 Å². The van der Waals surface area contributed by atoms with Crippen LogP contribution in [-0.4, -0.2) is 19.6 Å². The van der Waals surface area contributed by atoms with Crippen LogP contribution in [0.5, 0.6) is 5.75 Å². The zero-order chi connectivity index (χ0) is 14.4. The van der Waals surface area contributed by atoms with Gasteiger partial charge in [0.25, 0.3) is 5.91 Å². The number of methoxy groups -OCH3 is 1. The van der Waals surface area contributed by atoms with Crippen molar-refractivity contribution in [3.8, 4) is 5.75 Å². The summed E-state index contributed by atoms with van der Waals surface area (Å²) in [6.45, 7) is 0.604. The highest BCUT2D eigenvalue weighted by Crippen LogP contribution is 2.23. The fourth-order valence-corrected chi connectivity index (χ4v) is 1.93. The highest BCUT2D eigenvalue weighted by Gasteiger charge is 2.09. The number of para-hydroxylation sites is 2. The van der Waals surface area contributed by atoms with Gasteiger partial charge in [0, 0.05) is 5.56 Å². The maximum atomic E-state index is 12.2. The van der Waals surface area contributed by atoms with Crippen LogP contribution in [0.2, 0.25) is 0 Å². The quantitative estimate of drug-likeness (QED) is 0.877. The molecule has 3 N–H and O–H groups in total. The van der Waals surface area contributed by atoms with Crippen LogP contribution in [0.15, 0.2) is 48.5 Å². The van der Waals surface area contributed by atoms with Gasteiger partial charge >= 0.3 is 0 Å². The second-order valence-electron chi connectivity index (χ2n) is 4.39. The van der Waals surface area contributed by atoms with Crippen LogP contribution in [0.1, 0.15) is 15.9 Å². The van der Waals surface area contributed by atoms with Crippen molar-refractivity contribution in [2.45, 2.75) is 6.42 Å². The van der Waals surface area contributed by atoms with Gasteiger partial charge in [-0.1, -0.05) is 24.3 Å². The van der Waals surface area contributed by atoms with E-state index in [9.17, 15) is 4.79 Å². The second kappa shape index (κ2) is 6.73. The third-order valence-electron chi connectivity index (χ3n) is 3.00. The van der Waals surface area contributed by atoms with Crippen LogP contribution in [0.4, 0.5) is 5.69 Å². The molecule has 0 heterocycles. The van der Waals surface area contributed by atoms with Gasteiger partial charge in [0.05, 0.1) is 12.8 Å². The molecule has 20 heavy (non-hydrogen) atoms. The van der Waals surface area contributed by atoms with Crippen molar-refractivity contribution in [3.63, 3.8) is 0 Å². The molecule has 0 bridgehead atoms. The Morgan fingerprint density at radius 3 is 2.50 bits per heavy atom. The largest absolute Gasteiger partial charge is 0.495 e. The molecule has 0 radical (unpaired) electrons. The number of rotatable bonds is 5. The van der Waals surface area contributed by atoms with Crippen molar-refractivity contribution < 1.29 is 9.53 Å². The Balaban J connectivity index is 2.11. The Kier molecular flexibility index (Phi) is 4.74. The molecule has 0 saturated carbocycles. The van der Waals surface area contributed by atoms with E-state index in [-0.39, 0.29) is 5.91 Å². The minimum absolute atomic E-state index is 0.159. The summed E-state index contributed by atoms with van der Waals surface area (Å²) in [5, 5.41) is 2.84. The van der Waals surface area contributed by atoms with Gasteiger partial charge in [-0.15, -0.1) is 0 Å². The molecule has 4 heteroatoms. The van der Waals surface area contributed by atoms with Gasteiger partial charge < -0.3 is 15.8 Å². The third-order valence-corrected chi connectivity index (χ3v) is 3.00. The first kappa shape index (κ1) is 14.1. The molecular formula is C16H18N2O2. The molecule has 0 unspecified atom stereocenters. The normalized spacial score (nSPS) is 10.1. The summed E-state index contributed by atoms with van der Waals surface area (Å²) in [6.07, 6.45) is 0.814. The van der Waals surface area contributed by atoms with Crippen molar-refractivity contribution in [1.29, 1.82) is 0 Å². The average molecular weight is 270 g/mol. The van der Waals surface area contributed by atoms with E-state index in [1.807, 2.05) is 24.3 Å². The number of hydrogen-bond acceptors (Lipinski definition) is 3. The summed E-state index contributed by atoms with van der Waals surface area (Å²) in [7, 11) is 1.58. The van der Waals surface area contributed by atoms with E-state index in [0.717, 1.165) is 12.0 Å². The number of carbonyl (C=O) groups is 1. The minimum atomic E-state index is -0.159. The summed E-state index contributed by atoms with van der Waals surface area (Å²) in [5.74, 6) is 0.481. The molecule has 104 valence electrons. The van der Waals surface area contributed by atoms with Gasteiger partial charge in [-0.2, -0.15) is 0 Å². The molecule has 2 rings (SSSR count). The fourth-order valence-electron chi connectivity index (χ4n) is 1.93. The Labute approximate surface area is 118 Å². The summed E-state index contributed by atoms with van der Waals surface area (Å²) >= 11 is 0. The Morgan fingerprint density at radius 1 is 1.15 bits per heavy atom. The number of ether oxygens (including phenoxy) is 1. The molecule has 2 aromatic rings.